The van der Waals surface area contributed by atoms with Crippen LogP contribution >= 0.6 is 11.3 Å². The molecule has 0 fully saturated rings. The maximum Gasteiger partial charge on any atom is 0.263 e. The minimum atomic E-state index is -0.339. The van der Waals surface area contributed by atoms with E-state index in [0.717, 1.165) is 30.8 Å². The highest BCUT2D eigenvalue weighted by molar-refractivity contribution is 7.17. The van der Waals surface area contributed by atoms with E-state index in [9.17, 15) is 14.0 Å². The number of halogens is 1. The maximum atomic E-state index is 13.3. The van der Waals surface area contributed by atoms with Crippen molar-refractivity contribution in [2.45, 2.75) is 33.5 Å². The molecule has 0 bridgehead atoms. The Labute approximate surface area is 201 Å². The van der Waals surface area contributed by atoms with Crippen molar-refractivity contribution in [1.82, 2.24) is 19.8 Å². The molecule has 8 heteroatoms. The van der Waals surface area contributed by atoms with Crippen LogP contribution in [0.5, 0.6) is 0 Å². The van der Waals surface area contributed by atoms with E-state index in [1.807, 2.05) is 17.5 Å². The van der Waals surface area contributed by atoms with Crippen molar-refractivity contribution in [2.75, 3.05) is 13.1 Å². The number of benzene rings is 2. The van der Waals surface area contributed by atoms with Gasteiger partial charge in [0.25, 0.3) is 5.56 Å². The second-order valence-corrected chi connectivity index (χ2v) is 8.93. The van der Waals surface area contributed by atoms with Crippen molar-refractivity contribution in [3.05, 3.63) is 87.5 Å². The Morgan fingerprint density at radius 2 is 1.74 bits per heavy atom. The highest BCUT2D eigenvalue weighted by atomic mass is 32.1. The minimum absolute atomic E-state index is 0.124. The van der Waals surface area contributed by atoms with E-state index >= 15 is 0 Å². The minimum Gasteiger partial charge on any atom is -0.350 e. The summed E-state index contributed by atoms with van der Waals surface area (Å²) in [6, 6.07) is 14.2. The first-order valence-corrected chi connectivity index (χ1v) is 12.2. The van der Waals surface area contributed by atoms with E-state index in [1.165, 1.54) is 39.9 Å². The van der Waals surface area contributed by atoms with E-state index < -0.39 is 0 Å². The molecule has 176 valence electrons. The molecule has 34 heavy (non-hydrogen) atoms. The van der Waals surface area contributed by atoms with E-state index in [4.69, 9.17) is 0 Å². The van der Waals surface area contributed by atoms with Gasteiger partial charge in [-0.1, -0.05) is 50.2 Å². The molecule has 0 radical (unpaired) electrons. The molecule has 0 saturated carbocycles. The average molecular weight is 479 g/mol. The van der Waals surface area contributed by atoms with E-state index in [-0.39, 0.29) is 23.8 Å². The zero-order chi connectivity index (χ0) is 24.1. The van der Waals surface area contributed by atoms with Crippen LogP contribution in [-0.2, 0) is 24.4 Å². The van der Waals surface area contributed by atoms with Crippen LogP contribution in [0.25, 0.3) is 21.3 Å². The van der Waals surface area contributed by atoms with Crippen molar-refractivity contribution in [3.63, 3.8) is 0 Å². The molecule has 6 nitrogen and oxygen atoms in total. The largest absolute Gasteiger partial charge is 0.350 e. The molecule has 1 N–H and O–H groups in total. The number of nitrogens with one attached hydrogen (secondary N) is 1. The lowest BCUT2D eigenvalue weighted by molar-refractivity contribution is -0.121. The Morgan fingerprint density at radius 1 is 1.06 bits per heavy atom. The van der Waals surface area contributed by atoms with Crippen LogP contribution in [0.3, 0.4) is 0 Å². The fourth-order valence-corrected chi connectivity index (χ4v) is 4.71. The monoisotopic (exact) mass is 478 g/mol. The SMILES string of the molecule is CCN(CC)Cc1ccc(CNC(=O)Cn2cnc3scc(-c4ccc(F)cc4)c3c2=O)cc1. The lowest BCUT2D eigenvalue weighted by Gasteiger charge is -2.18. The van der Waals surface area contributed by atoms with Crippen molar-refractivity contribution < 1.29 is 9.18 Å². The van der Waals surface area contributed by atoms with Crippen molar-refractivity contribution in [1.29, 1.82) is 0 Å². The lowest BCUT2D eigenvalue weighted by Crippen LogP contribution is -2.32. The van der Waals surface area contributed by atoms with Gasteiger partial charge in [-0.3, -0.25) is 19.1 Å². The number of hydrogen-bond acceptors (Lipinski definition) is 5. The molecular formula is C26H27FN4O2S. The molecule has 4 rings (SSSR count). The number of carbonyl (C=O) groups is 1. The molecule has 0 aliphatic rings. The smallest absolute Gasteiger partial charge is 0.263 e. The fourth-order valence-electron chi connectivity index (χ4n) is 3.80. The molecule has 2 aromatic heterocycles. The lowest BCUT2D eigenvalue weighted by atomic mass is 10.1. The first-order valence-electron chi connectivity index (χ1n) is 11.3. The molecule has 0 aliphatic carbocycles. The van der Waals surface area contributed by atoms with Crippen molar-refractivity contribution in [2.24, 2.45) is 0 Å². The van der Waals surface area contributed by atoms with Gasteiger partial charge in [-0.05, 0) is 41.9 Å². The Hall–Kier alpha value is -3.36. The normalized spacial score (nSPS) is 11.3. The van der Waals surface area contributed by atoms with E-state index in [0.29, 0.717) is 22.3 Å². The highest BCUT2D eigenvalue weighted by Gasteiger charge is 2.15. The Morgan fingerprint density at radius 3 is 2.41 bits per heavy atom. The Kier molecular flexibility index (Phi) is 7.49. The summed E-state index contributed by atoms with van der Waals surface area (Å²) in [5.41, 5.74) is 3.36. The maximum absolute atomic E-state index is 13.3. The van der Waals surface area contributed by atoms with Gasteiger partial charge in [0.05, 0.1) is 11.7 Å². The van der Waals surface area contributed by atoms with Gasteiger partial charge in [-0.2, -0.15) is 0 Å². The van der Waals surface area contributed by atoms with Gasteiger partial charge in [-0.25, -0.2) is 9.37 Å². The predicted molar refractivity (Wildman–Crippen MR) is 134 cm³/mol. The molecule has 0 aliphatic heterocycles. The number of fused-ring (bicyclic) bond motifs is 1. The van der Waals surface area contributed by atoms with Gasteiger partial charge in [0.2, 0.25) is 5.91 Å². The zero-order valence-corrected chi connectivity index (χ0v) is 20.1. The quantitative estimate of drug-likeness (QED) is 0.387. The van der Waals surface area contributed by atoms with Crippen molar-refractivity contribution in [3.8, 4) is 11.1 Å². The van der Waals surface area contributed by atoms with Crippen LogP contribution < -0.4 is 10.9 Å². The van der Waals surface area contributed by atoms with Crippen LogP contribution in [0.1, 0.15) is 25.0 Å². The molecule has 0 unspecified atom stereocenters. The zero-order valence-electron chi connectivity index (χ0n) is 19.3. The van der Waals surface area contributed by atoms with Gasteiger partial charge in [0.15, 0.2) is 0 Å². The Bertz CT molecular complexity index is 1330. The van der Waals surface area contributed by atoms with Crippen LogP contribution in [0, 0.1) is 5.82 Å². The topological polar surface area (TPSA) is 67.2 Å². The predicted octanol–water partition coefficient (Wildman–Crippen LogP) is 4.42. The van der Waals surface area contributed by atoms with Crippen LogP contribution in [0.2, 0.25) is 0 Å². The molecule has 2 aromatic carbocycles. The molecule has 0 spiro atoms. The van der Waals surface area contributed by atoms with Crippen LogP contribution in [-0.4, -0.2) is 33.4 Å². The third kappa shape index (κ3) is 5.40. The summed E-state index contributed by atoms with van der Waals surface area (Å²) >= 11 is 1.35. The molecular weight excluding hydrogens is 451 g/mol. The summed E-state index contributed by atoms with van der Waals surface area (Å²) in [6.07, 6.45) is 1.40. The summed E-state index contributed by atoms with van der Waals surface area (Å²) in [6.45, 7) is 7.47. The number of hydrogen-bond donors (Lipinski definition) is 1. The second-order valence-electron chi connectivity index (χ2n) is 8.07. The summed E-state index contributed by atoms with van der Waals surface area (Å²) in [4.78, 5) is 32.9. The van der Waals surface area contributed by atoms with E-state index in [1.54, 1.807) is 12.1 Å². The molecule has 2 heterocycles. The van der Waals surface area contributed by atoms with E-state index in [2.05, 4.69) is 41.2 Å². The first kappa shape index (κ1) is 23.8. The highest BCUT2D eigenvalue weighted by Crippen LogP contribution is 2.30. The third-order valence-corrected chi connectivity index (χ3v) is 6.73. The Balaban J connectivity index is 1.43. The summed E-state index contributed by atoms with van der Waals surface area (Å²) in [7, 11) is 0. The second kappa shape index (κ2) is 10.7. The fraction of sp³-hybridized carbons (Fsp3) is 0.269. The number of thiophene rings is 1. The number of carbonyl (C=O) groups excluding carboxylic acids is 1. The first-order chi connectivity index (χ1) is 16.5. The standard InChI is InChI=1S/C26H27FN4O2S/c1-3-30(4-2)14-19-7-5-18(6-8-19)13-28-23(32)15-31-17-29-25-24(26(31)33)22(16-34-25)20-9-11-21(27)12-10-20/h5-12,16-17H,3-4,13-15H2,1-2H3,(H,28,32). The van der Waals surface area contributed by atoms with Gasteiger partial charge < -0.3 is 5.32 Å². The number of aromatic nitrogens is 2. The molecule has 1 amide bonds. The van der Waals surface area contributed by atoms with Crippen LogP contribution in [0.15, 0.2) is 65.0 Å². The molecule has 0 atom stereocenters. The number of amides is 1. The van der Waals surface area contributed by atoms with Gasteiger partial charge in [0.1, 0.15) is 17.2 Å². The molecule has 4 aromatic rings. The number of nitrogens with zero attached hydrogens (tertiary/aromatic N) is 3. The summed E-state index contributed by atoms with van der Waals surface area (Å²) in [5.74, 6) is -0.608. The third-order valence-electron chi connectivity index (χ3n) is 5.84. The average Bonchev–Trinajstić information content (AvgIpc) is 3.29. The summed E-state index contributed by atoms with van der Waals surface area (Å²) < 4.78 is 14.6. The molecule has 0 saturated heterocycles. The van der Waals surface area contributed by atoms with Gasteiger partial charge in [-0.15, -0.1) is 11.3 Å². The van der Waals surface area contributed by atoms with Gasteiger partial charge in [0, 0.05) is 24.0 Å². The number of rotatable bonds is 9. The van der Waals surface area contributed by atoms with Crippen LogP contribution in [0.4, 0.5) is 4.39 Å². The summed E-state index contributed by atoms with van der Waals surface area (Å²) in [5, 5.41) is 5.15. The van der Waals surface area contributed by atoms with Crippen molar-refractivity contribution >= 4 is 27.5 Å². The van der Waals surface area contributed by atoms with Gasteiger partial charge >= 0.3 is 0 Å².